The van der Waals surface area contributed by atoms with Gasteiger partial charge in [0.2, 0.25) is 10.0 Å². The van der Waals surface area contributed by atoms with Crippen molar-refractivity contribution in [1.82, 2.24) is 4.31 Å². The fourth-order valence-corrected chi connectivity index (χ4v) is 4.70. The van der Waals surface area contributed by atoms with Crippen LogP contribution < -0.4 is 4.90 Å². The quantitative estimate of drug-likeness (QED) is 0.574. The largest absolute Gasteiger partial charge is 0.368 e. The molecule has 0 aliphatic carbocycles. The molecule has 9 heteroatoms. The van der Waals surface area contributed by atoms with Gasteiger partial charge >= 0.3 is 0 Å². The van der Waals surface area contributed by atoms with Gasteiger partial charge in [-0.2, -0.15) is 4.31 Å². The molecule has 2 aromatic carbocycles. The van der Waals surface area contributed by atoms with Crippen molar-refractivity contribution in [2.24, 2.45) is 0 Å². The molecule has 26 heavy (non-hydrogen) atoms. The van der Waals surface area contributed by atoms with Crippen LogP contribution in [0, 0.1) is 10.1 Å². The van der Waals surface area contributed by atoms with Crippen LogP contribution in [-0.2, 0) is 15.8 Å². The molecule has 1 aliphatic heterocycles. The number of sulfonamides is 1. The Morgan fingerprint density at radius 3 is 2.19 bits per heavy atom. The van der Waals surface area contributed by atoms with Crippen molar-refractivity contribution < 1.29 is 13.3 Å². The average Bonchev–Trinajstić information content (AvgIpc) is 2.62. The van der Waals surface area contributed by atoms with Gasteiger partial charge in [-0.05, 0) is 17.7 Å². The van der Waals surface area contributed by atoms with E-state index >= 15 is 0 Å². The molecule has 0 aromatic heterocycles. The maximum Gasteiger partial charge on any atom is 0.269 e. The van der Waals surface area contributed by atoms with Gasteiger partial charge in [-0.1, -0.05) is 35.9 Å². The third-order valence-electron chi connectivity index (χ3n) is 4.32. The van der Waals surface area contributed by atoms with Crippen LogP contribution in [0.3, 0.4) is 0 Å². The van der Waals surface area contributed by atoms with Crippen LogP contribution in [0.25, 0.3) is 0 Å². The van der Waals surface area contributed by atoms with Crippen LogP contribution in [0.5, 0.6) is 0 Å². The summed E-state index contributed by atoms with van der Waals surface area (Å²) < 4.78 is 26.7. The van der Waals surface area contributed by atoms with Crippen molar-refractivity contribution in [1.29, 1.82) is 0 Å². The van der Waals surface area contributed by atoms with Crippen molar-refractivity contribution in [2.75, 3.05) is 31.1 Å². The Hall–Kier alpha value is -2.16. The molecule has 1 fully saturated rings. The summed E-state index contributed by atoms with van der Waals surface area (Å²) >= 11 is 6.20. The molecule has 1 aliphatic rings. The van der Waals surface area contributed by atoms with E-state index in [0.717, 1.165) is 5.69 Å². The zero-order valence-electron chi connectivity index (χ0n) is 13.9. The lowest BCUT2D eigenvalue weighted by Gasteiger charge is -2.35. The molecule has 1 heterocycles. The van der Waals surface area contributed by atoms with Crippen molar-refractivity contribution in [2.45, 2.75) is 5.75 Å². The van der Waals surface area contributed by atoms with Crippen LogP contribution in [0.1, 0.15) is 5.56 Å². The first-order chi connectivity index (χ1) is 12.4. The fourth-order valence-electron chi connectivity index (χ4n) is 2.93. The first-order valence-corrected chi connectivity index (χ1v) is 10.1. The molecule has 0 bridgehead atoms. The molecule has 7 nitrogen and oxygen atoms in total. The SMILES string of the molecule is O=[N+]([O-])c1ccc(CS(=O)(=O)N2CCN(c3ccccc3Cl)CC2)cc1. The number of halogens is 1. The minimum atomic E-state index is -3.48. The summed E-state index contributed by atoms with van der Waals surface area (Å²) in [6, 6.07) is 13.1. The van der Waals surface area contributed by atoms with Gasteiger partial charge < -0.3 is 4.90 Å². The van der Waals surface area contributed by atoms with E-state index in [0.29, 0.717) is 36.8 Å². The van der Waals surface area contributed by atoms with Gasteiger partial charge in [0.25, 0.3) is 5.69 Å². The van der Waals surface area contributed by atoms with Crippen LogP contribution in [0.2, 0.25) is 5.02 Å². The fraction of sp³-hybridized carbons (Fsp3) is 0.294. The molecule has 0 saturated carbocycles. The second-order valence-electron chi connectivity index (χ2n) is 6.02. The second-order valence-corrected chi connectivity index (χ2v) is 8.39. The number of nitro groups is 1. The number of hydrogen-bond acceptors (Lipinski definition) is 5. The lowest BCUT2D eigenvalue weighted by atomic mass is 10.2. The minimum absolute atomic E-state index is 0.0560. The summed E-state index contributed by atoms with van der Waals surface area (Å²) in [5, 5.41) is 11.3. The Balaban J connectivity index is 1.64. The smallest absolute Gasteiger partial charge is 0.269 e. The highest BCUT2D eigenvalue weighted by Gasteiger charge is 2.27. The molecule has 0 N–H and O–H groups in total. The molecule has 138 valence electrons. The van der Waals surface area contributed by atoms with Gasteiger partial charge in [-0.3, -0.25) is 10.1 Å². The average molecular weight is 396 g/mol. The zero-order valence-corrected chi connectivity index (χ0v) is 15.5. The Bertz CT molecular complexity index is 894. The molecule has 3 rings (SSSR count). The molecule has 0 radical (unpaired) electrons. The summed E-state index contributed by atoms with van der Waals surface area (Å²) in [6.07, 6.45) is 0. The number of nitro benzene ring substituents is 1. The van der Waals surface area contributed by atoms with E-state index in [-0.39, 0.29) is 11.4 Å². The summed E-state index contributed by atoms with van der Waals surface area (Å²) in [4.78, 5) is 12.2. The van der Waals surface area contributed by atoms with Gasteiger partial charge in [-0.15, -0.1) is 0 Å². The summed E-state index contributed by atoms with van der Waals surface area (Å²) in [5.41, 5.74) is 1.38. The number of rotatable bonds is 5. The Morgan fingerprint density at radius 2 is 1.62 bits per heavy atom. The zero-order chi connectivity index (χ0) is 18.7. The van der Waals surface area contributed by atoms with Crippen molar-refractivity contribution in [3.05, 3.63) is 69.2 Å². The Morgan fingerprint density at radius 1 is 1.00 bits per heavy atom. The van der Waals surface area contributed by atoms with E-state index < -0.39 is 14.9 Å². The molecule has 0 unspecified atom stereocenters. The van der Waals surface area contributed by atoms with E-state index in [1.807, 2.05) is 24.3 Å². The number of non-ortho nitro benzene ring substituents is 1. The second kappa shape index (κ2) is 7.61. The Kier molecular flexibility index (Phi) is 5.45. The van der Waals surface area contributed by atoms with Gasteiger partial charge in [0.05, 0.1) is 21.4 Å². The summed E-state index contributed by atoms with van der Waals surface area (Å²) in [7, 11) is -3.48. The number of benzene rings is 2. The lowest BCUT2D eigenvalue weighted by Crippen LogP contribution is -2.49. The monoisotopic (exact) mass is 395 g/mol. The maximum atomic E-state index is 12.6. The van der Waals surface area contributed by atoms with Crippen LogP contribution >= 0.6 is 11.6 Å². The molecule has 1 saturated heterocycles. The molecular formula is C17H18ClN3O4S. The maximum absolute atomic E-state index is 12.6. The third kappa shape index (κ3) is 4.14. The van der Waals surface area contributed by atoms with E-state index in [1.165, 1.54) is 28.6 Å². The predicted molar refractivity (Wildman–Crippen MR) is 101 cm³/mol. The molecular weight excluding hydrogens is 378 g/mol. The topological polar surface area (TPSA) is 83.8 Å². The van der Waals surface area contributed by atoms with Gasteiger partial charge in [0.1, 0.15) is 0 Å². The number of hydrogen-bond donors (Lipinski definition) is 0. The highest BCUT2D eigenvalue weighted by Crippen LogP contribution is 2.27. The standard InChI is InChI=1S/C17H18ClN3O4S/c18-16-3-1-2-4-17(16)19-9-11-20(12-10-19)26(24,25)13-14-5-7-15(8-6-14)21(22)23/h1-8H,9-13H2. The number of para-hydroxylation sites is 1. The summed E-state index contributed by atoms with van der Waals surface area (Å²) in [6.45, 7) is 1.87. The van der Waals surface area contributed by atoms with Crippen molar-refractivity contribution >= 4 is 33.0 Å². The molecule has 0 spiro atoms. The minimum Gasteiger partial charge on any atom is -0.368 e. The first kappa shape index (κ1) is 18.6. The van der Waals surface area contributed by atoms with E-state index in [1.54, 1.807) is 0 Å². The van der Waals surface area contributed by atoms with E-state index in [9.17, 15) is 18.5 Å². The highest BCUT2D eigenvalue weighted by atomic mass is 35.5. The van der Waals surface area contributed by atoms with Crippen molar-refractivity contribution in [3.63, 3.8) is 0 Å². The number of anilines is 1. The molecule has 0 amide bonds. The predicted octanol–water partition coefficient (Wildman–Crippen LogP) is 2.90. The highest BCUT2D eigenvalue weighted by molar-refractivity contribution is 7.88. The number of piperazine rings is 1. The molecule has 2 aromatic rings. The van der Waals surface area contributed by atoms with Crippen LogP contribution in [0.15, 0.2) is 48.5 Å². The Labute approximate surface area is 157 Å². The van der Waals surface area contributed by atoms with Gasteiger partial charge in [0.15, 0.2) is 0 Å². The van der Waals surface area contributed by atoms with E-state index in [2.05, 4.69) is 4.90 Å². The normalized spacial score (nSPS) is 15.8. The van der Waals surface area contributed by atoms with Crippen LogP contribution in [0.4, 0.5) is 11.4 Å². The van der Waals surface area contributed by atoms with E-state index in [4.69, 9.17) is 11.6 Å². The lowest BCUT2D eigenvalue weighted by molar-refractivity contribution is -0.384. The third-order valence-corrected chi connectivity index (χ3v) is 6.49. The van der Waals surface area contributed by atoms with Crippen LogP contribution in [-0.4, -0.2) is 43.8 Å². The molecule has 0 atom stereocenters. The first-order valence-electron chi connectivity index (χ1n) is 8.07. The number of nitrogens with zero attached hydrogens (tertiary/aromatic N) is 3. The van der Waals surface area contributed by atoms with Gasteiger partial charge in [-0.25, -0.2) is 8.42 Å². The van der Waals surface area contributed by atoms with Crippen molar-refractivity contribution in [3.8, 4) is 0 Å². The van der Waals surface area contributed by atoms with Gasteiger partial charge in [0, 0.05) is 38.3 Å². The summed E-state index contributed by atoms with van der Waals surface area (Å²) in [5.74, 6) is -0.170.